The lowest BCUT2D eigenvalue weighted by atomic mass is 10.1. The van der Waals surface area contributed by atoms with Crippen LogP contribution < -0.4 is 10.5 Å². The quantitative estimate of drug-likeness (QED) is 0.759. The monoisotopic (exact) mass is 195 g/mol. The second kappa shape index (κ2) is 4.98. The molecule has 1 aromatic rings. The summed E-state index contributed by atoms with van der Waals surface area (Å²) in [6, 6.07) is 5.71. The molecule has 0 saturated carbocycles. The van der Waals surface area contributed by atoms with Crippen molar-refractivity contribution in [2.24, 2.45) is 5.73 Å². The van der Waals surface area contributed by atoms with Gasteiger partial charge in [0.25, 0.3) is 0 Å². The van der Waals surface area contributed by atoms with Crippen LogP contribution in [-0.4, -0.2) is 17.8 Å². The van der Waals surface area contributed by atoms with Gasteiger partial charge in [0.05, 0.1) is 6.61 Å². The Labute approximate surface area is 84.5 Å². The van der Waals surface area contributed by atoms with Gasteiger partial charge in [-0.2, -0.15) is 0 Å². The van der Waals surface area contributed by atoms with E-state index in [-0.39, 0.29) is 12.6 Å². The van der Waals surface area contributed by atoms with E-state index in [2.05, 4.69) is 0 Å². The summed E-state index contributed by atoms with van der Waals surface area (Å²) >= 11 is 0. The van der Waals surface area contributed by atoms with Crippen LogP contribution >= 0.6 is 0 Å². The van der Waals surface area contributed by atoms with Gasteiger partial charge in [-0.05, 0) is 19.4 Å². The van der Waals surface area contributed by atoms with E-state index in [1.54, 1.807) is 0 Å². The van der Waals surface area contributed by atoms with Gasteiger partial charge in [0, 0.05) is 11.6 Å². The minimum Gasteiger partial charge on any atom is -0.491 e. The molecular formula is C11H17NO2. The Bertz CT molecular complexity index is 297. The third-order valence-corrected chi connectivity index (χ3v) is 1.95. The first kappa shape index (κ1) is 11.0. The average Bonchev–Trinajstić information content (AvgIpc) is 2.15. The highest BCUT2D eigenvalue weighted by Crippen LogP contribution is 2.23. The summed E-state index contributed by atoms with van der Waals surface area (Å²) in [7, 11) is 0. The van der Waals surface area contributed by atoms with Gasteiger partial charge in [-0.3, -0.25) is 0 Å². The third-order valence-electron chi connectivity index (χ3n) is 1.95. The maximum Gasteiger partial charge on any atom is 0.127 e. The fraction of sp³-hybridized carbons (Fsp3) is 0.455. The zero-order valence-corrected chi connectivity index (χ0v) is 8.66. The summed E-state index contributed by atoms with van der Waals surface area (Å²) in [5, 5.41) is 9.10. The molecule has 0 aliphatic carbocycles. The molecule has 0 radical (unpaired) electrons. The van der Waals surface area contributed by atoms with Crippen molar-refractivity contribution in [3.05, 3.63) is 29.3 Å². The summed E-state index contributed by atoms with van der Waals surface area (Å²) in [6.07, 6.45) is 0. The molecule has 3 N–H and O–H groups in total. The smallest absolute Gasteiger partial charge is 0.127 e. The second-order valence-electron chi connectivity index (χ2n) is 3.51. The number of rotatable bonds is 4. The van der Waals surface area contributed by atoms with Crippen LogP contribution in [0.15, 0.2) is 18.2 Å². The summed E-state index contributed by atoms with van der Waals surface area (Å²) in [5.74, 6) is 0.757. The Kier molecular flexibility index (Phi) is 3.92. The van der Waals surface area contributed by atoms with Gasteiger partial charge in [0.15, 0.2) is 0 Å². The largest absolute Gasteiger partial charge is 0.491 e. The van der Waals surface area contributed by atoms with Crippen LogP contribution in [0.2, 0.25) is 0 Å². The minimum atomic E-state index is -0.00400. The molecule has 0 bridgehead atoms. The standard InChI is InChI=1S/C11H17NO2/c1-8-4-3-5-10(6-13)11(8)14-7-9(2)12/h3-5,9,13H,6-7,12H2,1-2H3. The molecule has 1 atom stereocenters. The van der Waals surface area contributed by atoms with E-state index >= 15 is 0 Å². The topological polar surface area (TPSA) is 55.5 Å². The van der Waals surface area contributed by atoms with Gasteiger partial charge in [-0.1, -0.05) is 18.2 Å². The van der Waals surface area contributed by atoms with E-state index in [9.17, 15) is 0 Å². The van der Waals surface area contributed by atoms with Gasteiger partial charge < -0.3 is 15.6 Å². The van der Waals surface area contributed by atoms with Crippen molar-refractivity contribution >= 4 is 0 Å². The molecule has 0 fully saturated rings. The van der Waals surface area contributed by atoms with Gasteiger partial charge in [0.1, 0.15) is 12.4 Å². The zero-order chi connectivity index (χ0) is 10.6. The van der Waals surface area contributed by atoms with Crippen LogP contribution in [-0.2, 0) is 6.61 Å². The zero-order valence-electron chi connectivity index (χ0n) is 8.66. The van der Waals surface area contributed by atoms with Crippen LogP contribution in [0.1, 0.15) is 18.1 Å². The van der Waals surface area contributed by atoms with E-state index in [0.29, 0.717) is 6.61 Å². The van der Waals surface area contributed by atoms with Gasteiger partial charge in [-0.15, -0.1) is 0 Å². The number of benzene rings is 1. The van der Waals surface area contributed by atoms with Crippen molar-refractivity contribution in [2.45, 2.75) is 26.5 Å². The molecule has 1 rings (SSSR count). The number of hydrogen-bond donors (Lipinski definition) is 2. The van der Waals surface area contributed by atoms with Crippen molar-refractivity contribution in [3.8, 4) is 5.75 Å². The maximum atomic E-state index is 9.10. The summed E-state index contributed by atoms with van der Waals surface area (Å²) in [4.78, 5) is 0. The van der Waals surface area contributed by atoms with E-state index in [1.807, 2.05) is 32.0 Å². The first-order valence-electron chi connectivity index (χ1n) is 4.73. The van der Waals surface area contributed by atoms with Crippen LogP contribution in [0.25, 0.3) is 0 Å². The van der Waals surface area contributed by atoms with Gasteiger partial charge in [-0.25, -0.2) is 0 Å². The molecule has 0 aliphatic heterocycles. The molecule has 0 heterocycles. The van der Waals surface area contributed by atoms with Crippen LogP contribution in [0.4, 0.5) is 0 Å². The Balaban J connectivity index is 2.82. The molecule has 3 nitrogen and oxygen atoms in total. The number of aryl methyl sites for hydroxylation is 1. The molecule has 1 unspecified atom stereocenters. The predicted molar refractivity (Wildman–Crippen MR) is 56.2 cm³/mol. The number of aliphatic hydroxyl groups is 1. The lowest BCUT2D eigenvalue weighted by Crippen LogP contribution is -2.24. The molecule has 78 valence electrons. The average molecular weight is 195 g/mol. The highest BCUT2D eigenvalue weighted by Gasteiger charge is 2.06. The maximum absolute atomic E-state index is 9.10. The van der Waals surface area contributed by atoms with Crippen molar-refractivity contribution < 1.29 is 9.84 Å². The number of para-hydroxylation sites is 1. The van der Waals surface area contributed by atoms with E-state index in [0.717, 1.165) is 16.9 Å². The predicted octanol–water partition coefficient (Wildman–Crippen LogP) is 1.21. The number of hydrogen-bond acceptors (Lipinski definition) is 3. The number of ether oxygens (including phenoxy) is 1. The molecule has 0 saturated heterocycles. The summed E-state index contributed by atoms with van der Waals surface area (Å²) in [5.41, 5.74) is 7.43. The number of aliphatic hydroxyl groups excluding tert-OH is 1. The van der Waals surface area contributed by atoms with E-state index in [1.165, 1.54) is 0 Å². The van der Waals surface area contributed by atoms with E-state index in [4.69, 9.17) is 15.6 Å². The summed E-state index contributed by atoms with van der Waals surface area (Å²) in [6.45, 7) is 4.31. The Morgan fingerprint density at radius 1 is 1.50 bits per heavy atom. The fourth-order valence-corrected chi connectivity index (χ4v) is 1.26. The second-order valence-corrected chi connectivity index (χ2v) is 3.51. The molecule has 3 heteroatoms. The molecule has 14 heavy (non-hydrogen) atoms. The molecule has 0 amide bonds. The van der Waals surface area contributed by atoms with Crippen molar-refractivity contribution in [3.63, 3.8) is 0 Å². The molecule has 0 spiro atoms. The van der Waals surface area contributed by atoms with Gasteiger partial charge >= 0.3 is 0 Å². The minimum absolute atomic E-state index is 0.00106. The SMILES string of the molecule is Cc1cccc(CO)c1OCC(C)N. The molecular weight excluding hydrogens is 178 g/mol. The van der Waals surface area contributed by atoms with Crippen molar-refractivity contribution in [1.29, 1.82) is 0 Å². The van der Waals surface area contributed by atoms with Crippen LogP contribution in [0, 0.1) is 6.92 Å². The Morgan fingerprint density at radius 3 is 2.79 bits per heavy atom. The van der Waals surface area contributed by atoms with E-state index < -0.39 is 0 Å². The Morgan fingerprint density at radius 2 is 2.21 bits per heavy atom. The molecule has 0 aromatic heterocycles. The highest BCUT2D eigenvalue weighted by atomic mass is 16.5. The first-order chi connectivity index (χ1) is 6.65. The molecule has 1 aromatic carbocycles. The lowest BCUT2D eigenvalue weighted by Gasteiger charge is -2.14. The fourth-order valence-electron chi connectivity index (χ4n) is 1.26. The molecule has 0 aliphatic rings. The normalized spacial score (nSPS) is 12.6. The third kappa shape index (κ3) is 2.72. The highest BCUT2D eigenvalue weighted by molar-refractivity contribution is 5.40. The first-order valence-corrected chi connectivity index (χ1v) is 4.73. The van der Waals surface area contributed by atoms with Crippen LogP contribution in [0.5, 0.6) is 5.75 Å². The summed E-state index contributed by atoms with van der Waals surface area (Å²) < 4.78 is 5.54. The van der Waals surface area contributed by atoms with Gasteiger partial charge in [0.2, 0.25) is 0 Å². The Hall–Kier alpha value is -1.06. The van der Waals surface area contributed by atoms with Crippen LogP contribution in [0.3, 0.4) is 0 Å². The lowest BCUT2D eigenvalue weighted by molar-refractivity contribution is 0.256. The van der Waals surface area contributed by atoms with Crippen molar-refractivity contribution in [2.75, 3.05) is 6.61 Å². The number of nitrogens with two attached hydrogens (primary N) is 1. The van der Waals surface area contributed by atoms with Crippen molar-refractivity contribution in [1.82, 2.24) is 0 Å².